The maximum Gasteiger partial charge on any atom is 0.304 e. The first-order chi connectivity index (χ1) is 10.9. The van der Waals surface area contributed by atoms with Gasteiger partial charge < -0.3 is 4.90 Å². The summed E-state index contributed by atoms with van der Waals surface area (Å²) in [5.74, 6) is -0.416. The maximum absolute atomic E-state index is 12.3. The molecule has 1 aromatic rings. The van der Waals surface area contributed by atoms with Crippen LogP contribution in [0.1, 0.15) is 0 Å². The lowest BCUT2D eigenvalue weighted by Crippen LogP contribution is -2.55. The minimum absolute atomic E-state index is 0.102. The number of carbonyl (C=O) groups is 2. The standard InChI is InChI=1S/C13H14BrN3O4S2/c14-9-1-3-10(4-2-9)22-8-12(18)16-5-6-17-11(7-16)13(19)15-23(17,20)21/h1-4,11H,5-8H2,(H,15,19). The molecule has 124 valence electrons. The van der Waals surface area contributed by atoms with Crippen LogP contribution in [0.25, 0.3) is 0 Å². The zero-order chi connectivity index (χ0) is 16.6. The summed E-state index contributed by atoms with van der Waals surface area (Å²) in [6.07, 6.45) is 0. The molecular weight excluding hydrogens is 406 g/mol. The van der Waals surface area contributed by atoms with Gasteiger partial charge in [0, 0.05) is 29.0 Å². The lowest BCUT2D eigenvalue weighted by atomic mass is 10.2. The molecule has 1 aromatic carbocycles. The van der Waals surface area contributed by atoms with E-state index in [-0.39, 0.29) is 24.7 Å². The van der Waals surface area contributed by atoms with Gasteiger partial charge >= 0.3 is 10.2 Å². The summed E-state index contributed by atoms with van der Waals surface area (Å²) in [5, 5.41) is 0. The van der Waals surface area contributed by atoms with Gasteiger partial charge in [0.2, 0.25) is 5.91 Å². The molecule has 0 bridgehead atoms. The molecule has 1 N–H and O–H groups in total. The molecule has 2 amide bonds. The number of benzene rings is 1. The van der Waals surface area contributed by atoms with Crippen molar-refractivity contribution in [2.75, 3.05) is 25.4 Å². The number of nitrogens with one attached hydrogen (secondary N) is 1. The van der Waals surface area contributed by atoms with Gasteiger partial charge in [0.05, 0.1) is 5.75 Å². The van der Waals surface area contributed by atoms with E-state index in [1.165, 1.54) is 11.8 Å². The molecule has 0 spiro atoms. The topological polar surface area (TPSA) is 86.8 Å². The molecule has 23 heavy (non-hydrogen) atoms. The SMILES string of the molecule is O=C1NS(=O)(=O)N2CCN(C(=O)CSc3ccc(Br)cc3)CC12. The molecule has 1 unspecified atom stereocenters. The van der Waals surface area contributed by atoms with Gasteiger partial charge in [0.15, 0.2) is 0 Å². The van der Waals surface area contributed by atoms with Crippen LogP contribution in [0.2, 0.25) is 0 Å². The Morgan fingerprint density at radius 3 is 2.70 bits per heavy atom. The van der Waals surface area contributed by atoms with Crippen LogP contribution in [-0.4, -0.2) is 60.9 Å². The van der Waals surface area contributed by atoms with Crippen molar-refractivity contribution in [3.05, 3.63) is 28.7 Å². The number of piperazine rings is 1. The largest absolute Gasteiger partial charge is 0.338 e. The molecule has 0 aromatic heterocycles. The summed E-state index contributed by atoms with van der Waals surface area (Å²) in [6.45, 7) is 0.537. The minimum Gasteiger partial charge on any atom is -0.338 e. The van der Waals surface area contributed by atoms with Gasteiger partial charge in [-0.25, -0.2) is 4.72 Å². The molecule has 7 nitrogen and oxygen atoms in total. The first-order valence-electron chi connectivity index (χ1n) is 6.86. The van der Waals surface area contributed by atoms with Crippen molar-refractivity contribution in [1.82, 2.24) is 13.9 Å². The Balaban J connectivity index is 1.59. The average molecular weight is 420 g/mol. The van der Waals surface area contributed by atoms with Crippen LogP contribution >= 0.6 is 27.7 Å². The van der Waals surface area contributed by atoms with Crippen molar-refractivity contribution >= 4 is 49.7 Å². The number of hydrogen-bond donors (Lipinski definition) is 1. The van der Waals surface area contributed by atoms with Crippen LogP contribution < -0.4 is 4.72 Å². The van der Waals surface area contributed by atoms with E-state index in [0.29, 0.717) is 6.54 Å². The summed E-state index contributed by atoms with van der Waals surface area (Å²) in [6, 6.07) is 6.82. The lowest BCUT2D eigenvalue weighted by Gasteiger charge is -2.34. The molecule has 2 aliphatic rings. The highest BCUT2D eigenvalue weighted by Crippen LogP contribution is 2.23. The quantitative estimate of drug-likeness (QED) is 0.717. The normalized spacial score (nSPS) is 23.4. The smallest absolute Gasteiger partial charge is 0.304 e. The Hall–Kier alpha value is -1.10. The number of rotatable bonds is 3. The van der Waals surface area contributed by atoms with Crippen LogP contribution in [0.5, 0.6) is 0 Å². The van der Waals surface area contributed by atoms with Gasteiger partial charge in [0.1, 0.15) is 6.04 Å². The Labute approximate surface area is 146 Å². The summed E-state index contributed by atoms with van der Waals surface area (Å²) in [7, 11) is -3.72. The van der Waals surface area contributed by atoms with Crippen LogP contribution in [0, 0.1) is 0 Å². The lowest BCUT2D eigenvalue weighted by molar-refractivity contribution is -0.132. The predicted molar refractivity (Wildman–Crippen MR) is 89.0 cm³/mol. The van der Waals surface area contributed by atoms with E-state index >= 15 is 0 Å². The van der Waals surface area contributed by atoms with Crippen molar-refractivity contribution in [1.29, 1.82) is 0 Å². The highest BCUT2D eigenvalue weighted by atomic mass is 79.9. The van der Waals surface area contributed by atoms with E-state index in [0.717, 1.165) is 13.7 Å². The Bertz CT molecular complexity index is 738. The second-order valence-corrected chi connectivity index (χ2v) is 8.77. The van der Waals surface area contributed by atoms with Gasteiger partial charge in [0.25, 0.3) is 5.91 Å². The fourth-order valence-corrected chi connectivity index (χ4v) is 4.91. The first kappa shape index (κ1) is 16.7. The number of fused-ring (bicyclic) bond motifs is 1. The molecule has 3 rings (SSSR count). The summed E-state index contributed by atoms with van der Waals surface area (Å²) < 4.78 is 27.5. The summed E-state index contributed by atoms with van der Waals surface area (Å²) in [5.41, 5.74) is 0. The molecular formula is C13H14BrN3O4S2. The third kappa shape index (κ3) is 3.54. The zero-order valence-electron chi connectivity index (χ0n) is 11.9. The van der Waals surface area contributed by atoms with Gasteiger partial charge in [-0.2, -0.15) is 12.7 Å². The monoisotopic (exact) mass is 419 g/mol. The van der Waals surface area contributed by atoms with E-state index in [1.54, 1.807) is 4.90 Å². The van der Waals surface area contributed by atoms with Crippen molar-refractivity contribution in [2.45, 2.75) is 10.9 Å². The van der Waals surface area contributed by atoms with Crippen molar-refractivity contribution in [2.24, 2.45) is 0 Å². The molecule has 10 heteroatoms. The second kappa shape index (κ2) is 6.42. The molecule has 0 aliphatic carbocycles. The van der Waals surface area contributed by atoms with E-state index in [1.807, 2.05) is 29.0 Å². The van der Waals surface area contributed by atoms with Crippen molar-refractivity contribution < 1.29 is 18.0 Å². The van der Waals surface area contributed by atoms with Gasteiger partial charge in [-0.3, -0.25) is 9.59 Å². The molecule has 0 saturated carbocycles. The Kier molecular flexibility index (Phi) is 4.68. The second-order valence-electron chi connectivity index (χ2n) is 5.18. The molecule has 2 heterocycles. The minimum atomic E-state index is -3.72. The molecule has 1 atom stereocenters. The number of halogens is 1. The number of amides is 2. The molecule has 2 fully saturated rings. The third-order valence-electron chi connectivity index (χ3n) is 3.70. The number of carbonyl (C=O) groups excluding carboxylic acids is 2. The fraction of sp³-hybridized carbons (Fsp3) is 0.385. The molecule has 0 radical (unpaired) electrons. The van der Waals surface area contributed by atoms with Crippen LogP contribution in [-0.2, 0) is 19.8 Å². The first-order valence-corrected chi connectivity index (χ1v) is 10.1. The van der Waals surface area contributed by atoms with Gasteiger partial charge in [-0.05, 0) is 24.3 Å². The van der Waals surface area contributed by atoms with Crippen molar-refractivity contribution in [3.63, 3.8) is 0 Å². The number of hydrogen-bond acceptors (Lipinski definition) is 5. The molecule has 2 aliphatic heterocycles. The van der Waals surface area contributed by atoms with Crippen molar-refractivity contribution in [3.8, 4) is 0 Å². The Morgan fingerprint density at radius 1 is 1.30 bits per heavy atom. The van der Waals surface area contributed by atoms with Crippen LogP contribution in [0.15, 0.2) is 33.6 Å². The number of nitrogens with zero attached hydrogens (tertiary/aromatic N) is 2. The highest BCUT2D eigenvalue weighted by Gasteiger charge is 2.47. The Morgan fingerprint density at radius 2 is 2.00 bits per heavy atom. The van der Waals surface area contributed by atoms with Gasteiger partial charge in [-0.15, -0.1) is 11.8 Å². The van der Waals surface area contributed by atoms with E-state index in [2.05, 4.69) is 15.9 Å². The summed E-state index contributed by atoms with van der Waals surface area (Å²) in [4.78, 5) is 26.5. The number of thioether (sulfide) groups is 1. The molecule has 2 saturated heterocycles. The van der Waals surface area contributed by atoms with Crippen LogP contribution in [0.3, 0.4) is 0 Å². The predicted octanol–water partition coefficient (Wildman–Crippen LogP) is 0.429. The van der Waals surface area contributed by atoms with E-state index in [4.69, 9.17) is 0 Å². The van der Waals surface area contributed by atoms with E-state index in [9.17, 15) is 18.0 Å². The maximum atomic E-state index is 12.3. The van der Waals surface area contributed by atoms with Gasteiger partial charge in [-0.1, -0.05) is 15.9 Å². The highest BCUT2D eigenvalue weighted by molar-refractivity contribution is 9.10. The summed E-state index contributed by atoms with van der Waals surface area (Å²) >= 11 is 4.77. The average Bonchev–Trinajstić information content (AvgIpc) is 2.75. The fourth-order valence-electron chi connectivity index (χ4n) is 2.52. The zero-order valence-corrected chi connectivity index (χ0v) is 15.2. The third-order valence-corrected chi connectivity index (χ3v) is 6.74. The van der Waals surface area contributed by atoms with E-state index < -0.39 is 22.2 Å². The van der Waals surface area contributed by atoms with Crippen LogP contribution in [0.4, 0.5) is 0 Å².